The molecule has 2 aromatic rings. The minimum absolute atomic E-state index is 0.0465. The van der Waals surface area contributed by atoms with Crippen molar-refractivity contribution >= 4 is 22.7 Å². The van der Waals surface area contributed by atoms with Crippen molar-refractivity contribution in [3.8, 4) is 0 Å². The summed E-state index contributed by atoms with van der Waals surface area (Å²) in [5.41, 5.74) is 0.457. The van der Waals surface area contributed by atoms with Gasteiger partial charge in [-0.15, -0.1) is 16.9 Å². The number of benzene rings is 1. The normalized spacial score (nSPS) is 14.6. The summed E-state index contributed by atoms with van der Waals surface area (Å²) < 4.78 is 1.33. The van der Waals surface area contributed by atoms with Gasteiger partial charge < -0.3 is 5.11 Å². The first-order valence-corrected chi connectivity index (χ1v) is 6.76. The van der Waals surface area contributed by atoms with Crippen LogP contribution in [0.3, 0.4) is 0 Å². The summed E-state index contributed by atoms with van der Waals surface area (Å²) in [6, 6.07) is 7.14. The van der Waals surface area contributed by atoms with E-state index in [0.717, 1.165) is 0 Å². The fraction of sp³-hybridized carbons (Fsp3) is 0.417. The minimum atomic E-state index is -0.417. The lowest BCUT2D eigenvalue weighted by molar-refractivity contribution is 0.196. The molecule has 0 aliphatic heterocycles. The Kier molecular flexibility index (Phi) is 3.98. The molecule has 5 nitrogen and oxygen atoms in total. The van der Waals surface area contributed by atoms with Crippen LogP contribution in [0.25, 0.3) is 10.9 Å². The van der Waals surface area contributed by atoms with E-state index in [0.29, 0.717) is 16.8 Å². The Bertz CT molecular complexity index is 597. The number of hydrogen-bond donors (Lipinski definition) is 1. The monoisotopic (exact) mass is 265 g/mol. The molecule has 0 aliphatic rings. The second kappa shape index (κ2) is 5.49. The van der Waals surface area contributed by atoms with Gasteiger partial charge >= 0.3 is 0 Å². The fourth-order valence-corrected chi connectivity index (χ4v) is 2.26. The van der Waals surface area contributed by atoms with Crippen LogP contribution in [0, 0.1) is 0 Å². The lowest BCUT2D eigenvalue weighted by Gasteiger charge is -2.13. The van der Waals surface area contributed by atoms with Crippen molar-refractivity contribution in [3.05, 3.63) is 34.6 Å². The Labute approximate surface area is 109 Å². The van der Waals surface area contributed by atoms with E-state index in [2.05, 4.69) is 10.3 Å². The predicted octanol–water partition coefficient (Wildman–Crippen LogP) is 1.25. The Balaban J connectivity index is 2.25. The second-order valence-electron chi connectivity index (χ2n) is 4.15. The molecule has 0 aliphatic carbocycles. The number of nitrogens with zero attached hydrogens (tertiary/aromatic N) is 3. The van der Waals surface area contributed by atoms with E-state index in [-0.39, 0.29) is 10.8 Å². The van der Waals surface area contributed by atoms with E-state index in [9.17, 15) is 9.90 Å². The predicted molar refractivity (Wildman–Crippen MR) is 72.5 cm³/mol. The molecule has 0 bridgehead atoms. The first kappa shape index (κ1) is 13.0. The van der Waals surface area contributed by atoms with E-state index in [1.807, 2.05) is 13.0 Å². The summed E-state index contributed by atoms with van der Waals surface area (Å²) in [6.07, 6.45) is -0.417. The molecule has 96 valence electrons. The molecule has 2 atom stereocenters. The van der Waals surface area contributed by atoms with Crippen LogP contribution in [-0.2, 0) is 5.88 Å². The van der Waals surface area contributed by atoms with Crippen molar-refractivity contribution in [2.24, 2.45) is 0 Å². The molecule has 1 heterocycles. The number of thioether (sulfide) groups is 1. The highest BCUT2D eigenvalue weighted by Gasteiger charge is 2.11. The number of hydrogen-bond acceptors (Lipinski definition) is 5. The Morgan fingerprint density at radius 3 is 2.83 bits per heavy atom. The molecule has 0 saturated heterocycles. The largest absolute Gasteiger partial charge is 0.392 e. The summed E-state index contributed by atoms with van der Waals surface area (Å²) in [6.45, 7) is 3.64. The molecular formula is C12H15N3O2S. The molecule has 1 aromatic heterocycles. The van der Waals surface area contributed by atoms with E-state index in [1.165, 1.54) is 16.4 Å². The Morgan fingerprint density at radius 1 is 1.39 bits per heavy atom. The van der Waals surface area contributed by atoms with Crippen molar-refractivity contribution in [1.82, 2.24) is 15.0 Å². The Hall–Kier alpha value is -1.40. The van der Waals surface area contributed by atoms with Crippen LogP contribution in [0.15, 0.2) is 29.1 Å². The number of aliphatic hydroxyl groups excluding tert-OH is 1. The van der Waals surface area contributed by atoms with Crippen molar-refractivity contribution < 1.29 is 5.11 Å². The van der Waals surface area contributed by atoms with Gasteiger partial charge in [-0.2, -0.15) is 0 Å². The topological polar surface area (TPSA) is 68.0 Å². The van der Waals surface area contributed by atoms with Crippen molar-refractivity contribution in [2.45, 2.75) is 31.1 Å². The van der Waals surface area contributed by atoms with Crippen LogP contribution in [0.1, 0.15) is 13.8 Å². The molecule has 1 aromatic carbocycles. The maximum absolute atomic E-state index is 12.1. The number of aromatic nitrogens is 3. The fourth-order valence-electron chi connectivity index (χ4n) is 1.44. The molecule has 0 amide bonds. The quantitative estimate of drug-likeness (QED) is 0.901. The van der Waals surface area contributed by atoms with Crippen LogP contribution in [0.2, 0.25) is 0 Å². The van der Waals surface area contributed by atoms with E-state index in [4.69, 9.17) is 0 Å². The van der Waals surface area contributed by atoms with E-state index in [1.54, 1.807) is 25.1 Å². The summed E-state index contributed by atoms with van der Waals surface area (Å²) in [4.78, 5) is 12.1. The van der Waals surface area contributed by atoms with Gasteiger partial charge in [0.05, 0.1) is 17.4 Å². The molecule has 2 rings (SSSR count). The average molecular weight is 265 g/mol. The standard InChI is InChI=1S/C12H15N3O2S/c1-8(16)9(2)18-7-15-12(17)10-5-3-4-6-11(10)13-14-15/h3-6,8-9,16H,7H2,1-2H3. The first-order chi connectivity index (χ1) is 8.59. The van der Waals surface area contributed by atoms with Gasteiger partial charge in [0, 0.05) is 5.25 Å². The molecule has 18 heavy (non-hydrogen) atoms. The SMILES string of the molecule is CC(O)C(C)SCn1nnc2ccccc2c1=O. The van der Waals surface area contributed by atoms with Crippen LogP contribution >= 0.6 is 11.8 Å². The van der Waals surface area contributed by atoms with Gasteiger partial charge in [0.25, 0.3) is 5.56 Å². The molecule has 0 spiro atoms. The first-order valence-electron chi connectivity index (χ1n) is 5.72. The highest BCUT2D eigenvalue weighted by molar-refractivity contribution is 7.98. The van der Waals surface area contributed by atoms with Gasteiger partial charge in [-0.05, 0) is 19.1 Å². The van der Waals surface area contributed by atoms with Crippen LogP contribution < -0.4 is 5.56 Å². The lowest BCUT2D eigenvalue weighted by Crippen LogP contribution is -2.25. The molecule has 0 saturated carbocycles. The van der Waals surface area contributed by atoms with Gasteiger partial charge in [-0.1, -0.05) is 24.3 Å². The van der Waals surface area contributed by atoms with E-state index < -0.39 is 6.10 Å². The van der Waals surface area contributed by atoms with Crippen LogP contribution in [-0.4, -0.2) is 31.5 Å². The highest BCUT2D eigenvalue weighted by atomic mass is 32.2. The molecule has 2 unspecified atom stereocenters. The smallest absolute Gasteiger partial charge is 0.278 e. The summed E-state index contributed by atoms with van der Waals surface area (Å²) in [5.74, 6) is 0.392. The minimum Gasteiger partial charge on any atom is -0.392 e. The highest BCUT2D eigenvalue weighted by Crippen LogP contribution is 2.15. The average Bonchev–Trinajstić information content (AvgIpc) is 2.38. The molecule has 0 radical (unpaired) electrons. The third kappa shape index (κ3) is 2.70. The summed E-state index contributed by atoms with van der Waals surface area (Å²) in [5, 5.41) is 17.9. The maximum Gasteiger partial charge on any atom is 0.278 e. The van der Waals surface area contributed by atoms with E-state index >= 15 is 0 Å². The third-order valence-electron chi connectivity index (χ3n) is 2.77. The van der Waals surface area contributed by atoms with Crippen molar-refractivity contribution in [2.75, 3.05) is 0 Å². The van der Waals surface area contributed by atoms with Crippen molar-refractivity contribution in [3.63, 3.8) is 0 Å². The van der Waals surface area contributed by atoms with Gasteiger partial charge in [0.15, 0.2) is 0 Å². The summed E-state index contributed by atoms with van der Waals surface area (Å²) >= 11 is 1.47. The number of aliphatic hydroxyl groups is 1. The van der Waals surface area contributed by atoms with Crippen LogP contribution in [0.4, 0.5) is 0 Å². The van der Waals surface area contributed by atoms with Gasteiger partial charge in [0.1, 0.15) is 5.52 Å². The molecular weight excluding hydrogens is 250 g/mol. The molecule has 1 N–H and O–H groups in total. The number of fused-ring (bicyclic) bond motifs is 1. The zero-order valence-electron chi connectivity index (χ0n) is 10.3. The maximum atomic E-state index is 12.1. The van der Waals surface area contributed by atoms with Gasteiger partial charge in [-0.25, -0.2) is 4.68 Å². The molecule has 6 heteroatoms. The van der Waals surface area contributed by atoms with Crippen LogP contribution in [0.5, 0.6) is 0 Å². The second-order valence-corrected chi connectivity index (χ2v) is 5.49. The van der Waals surface area contributed by atoms with Gasteiger partial charge in [-0.3, -0.25) is 4.79 Å². The third-order valence-corrected chi connectivity index (χ3v) is 4.08. The summed E-state index contributed by atoms with van der Waals surface area (Å²) in [7, 11) is 0. The zero-order chi connectivity index (χ0) is 13.1. The zero-order valence-corrected chi connectivity index (χ0v) is 11.1. The Morgan fingerprint density at radius 2 is 2.11 bits per heavy atom. The lowest BCUT2D eigenvalue weighted by atomic mass is 10.2. The number of rotatable bonds is 4. The van der Waals surface area contributed by atoms with Crippen molar-refractivity contribution in [1.29, 1.82) is 0 Å². The molecule has 0 fully saturated rings. The van der Waals surface area contributed by atoms with Gasteiger partial charge in [0.2, 0.25) is 0 Å².